The summed E-state index contributed by atoms with van der Waals surface area (Å²) < 4.78 is 7.31. The molecule has 7 nitrogen and oxygen atoms in total. The summed E-state index contributed by atoms with van der Waals surface area (Å²) in [5.74, 6) is 0. The molecule has 2 fully saturated rings. The van der Waals surface area contributed by atoms with E-state index in [4.69, 9.17) is 9.72 Å². The van der Waals surface area contributed by atoms with Crippen molar-refractivity contribution in [2.45, 2.75) is 38.4 Å². The van der Waals surface area contributed by atoms with Crippen LogP contribution < -0.4 is 10.9 Å². The van der Waals surface area contributed by atoms with Crippen LogP contribution in [0.3, 0.4) is 0 Å². The quantitative estimate of drug-likeness (QED) is 0.861. The number of hydrazine groups is 1. The minimum atomic E-state index is -0.213. The van der Waals surface area contributed by atoms with E-state index in [1.807, 2.05) is 24.5 Å². The molecular weight excluding hydrogens is 330 g/mol. The first-order chi connectivity index (χ1) is 12.7. The molecule has 0 bridgehead atoms. The lowest BCUT2D eigenvalue weighted by Crippen LogP contribution is -2.39. The van der Waals surface area contributed by atoms with E-state index in [1.54, 1.807) is 4.90 Å². The van der Waals surface area contributed by atoms with Gasteiger partial charge in [-0.15, -0.1) is 0 Å². The van der Waals surface area contributed by atoms with E-state index in [0.29, 0.717) is 25.7 Å². The first kappa shape index (κ1) is 17.1. The van der Waals surface area contributed by atoms with Gasteiger partial charge in [0.1, 0.15) is 0 Å². The summed E-state index contributed by atoms with van der Waals surface area (Å²) in [6.07, 6.45) is 3.56. The van der Waals surface area contributed by atoms with Gasteiger partial charge in [-0.3, -0.25) is 5.43 Å². The van der Waals surface area contributed by atoms with E-state index < -0.39 is 0 Å². The van der Waals surface area contributed by atoms with Gasteiger partial charge in [0.25, 0.3) is 0 Å². The molecule has 1 amide bonds. The molecule has 2 aliphatic heterocycles. The summed E-state index contributed by atoms with van der Waals surface area (Å²) in [6.45, 7) is 4.79. The third-order valence-corrected chi connectivity index (χ3v) is 5.02. The minimum Gasteiger partial charge on any atom is -0.449 e. The summed E-state index contributed by atoms with van der Waals surface area (Å²) in [6, 6.07) is 10.9. The molecule has 2 unspecified atom stereocenters. The van der Waals surface area contributed by atoms with E-state index in [0.717, 1.165) is 30.6 Å². The number of carbonyl (C=O) groups is 1. The first-order valence-electron chi connectivity index (χ1n) is 9.25. The Kier molecular flexibility index (Phi) is 4.90. The molecule has 7 heteroatoms. The van der Waals surface area contributed by atoms with Gasteiger partial charge in [0.15, 0.2) is 0 Å². The average molecular weight is 355 g/mol. The minimum absolute atomic E-state index is 0.191. The average Bonchev–Trinajstić information content (AvgIpc) is 3.27. The Labute approximate surface area is 153 Å². The van der Waals surface area contributed by atoms with Crippen molar-refractivity contribution >= 4 is 6.09 Å². The van der Waals surface area contributed by atoms with Crippen LogP contribution in [-0.2, 0) is 11.3 Å². The molecule has 2 saturated heterocycles. The lowest BCUT2D eigenvalue weighted by atomic mass is 10.0. The normalized spacial score (nSPS) is 23.3. The first-order valence-corrected chi connectivity index (χ1v) is 9.25. The van der Waals surface area contributed by atoms with Gasteiger partial charge in [-0.05, 0) is 19.8 Å². The van der Waals surface area contributed by atoms with E-state index in [1.165, 1.54) is 5.69 Å². The van der Waals surface area contributed by atoms with Crippen LogP contribution in [0.5, 0.6) is 0 Å². The molecule has 0 saturated carbocycles. The number of carbonyl (C=O) groups excluding carboxylic acids is 1. The van der Waals surface area contributed by atoms with Gasteiger partial charge in [-0.25, -0.2) is 15.2 Å². The second-order valence-corrected chi connectivity index (χ2v) is 6.97. The van der Waals surface area contributed by atoms with Gasteiger partial charge in [0.2, 0.25) is 0 Å². The van der Waals surface area contributed by atoms with E-state index in [-0.39, 0.29) is 12.1 Å². The van der Waals surface area contributed by atoms with Crippen LogP contribution in [0.4, 0.5) is 4.79 Å². The maximum atomic E-state index is 11.9. The molecule has 2 N–H and O–H groups in total. The van der Waals surface area contributed by atoms with Gasteiger partial charge in [-0.1, -0.05) is 30.3 Å². The molecule has 0 radical (unpaired) electrons. The molecule has 2 aliphatic rings. The Morgan fingerprint density at radius 3 is 2.81 bits per heavy atom. The van der Waals surface area contributed by atoms with E-state index in [2.05, 4.69) is 34.5 Å². The molecular formula is C19H25N5O2. The third kappa shape index (κ3) is 3.45. The van der Waals surface area contributed by atoms with Crippen LogP contribution in [0.2, 0.25) is 0 Å². The maximum Gasteiger partial charge on any atom is 0.409 e. The highest BCUT2D eigenvalue weighted by Gasteiger charge is 2.28. The van der Waals surface area contributed by atoms with Gasteiger partial charge in [0.05, 0.1) is 30.4 Å². The Morgan fingerprint density at radius 1 is 1.23 bits per heavy atom. The molecule has 1 aromatic heterocycles. The van der Waals surface area contributed by atoms with Crippen LogP contribution in [0, 0.1) is 0 Å². The topological polar surface area (TPSA) is 71.4 Å². The second kappa shape index (κ2) is 7.47. The Bertz CT molecular complexity index is 761. The molecule has 4 rings (SSSR count). The fourth-order valence-corrected chi connectivity index (χ4v) is 3.68. The molecule has 0 spiro atoms. The number of cyclic esters (lactones) is 1. The number of nitrogens with zero attached hydrogens (tertiary/aromatic N) is 3. The standard InChI is InChI=1S/C19H25N5O2/c1-14-12-16(22-21-14)18-17(15-6-3-2-4-7-15)20-13-24(18)10-9-23-8-5-11-26-19(23)25/h2-4,6-7,13-14,16,21-22H,5,8-12H2,1H3. The van der Waals surface area contributed by atoms with Crippen LogP contribution in [0.1, 0.15) is 31.5 Å². The summed E-state index contributed by atoms with van der Waals surface area (Å²) in [5, 5.41) is 0. The number of amides is 1. The van der Waals surface area contributed by atoms with Crippen LogP contribution in [0.25, 0.3) is 11.3 Å². The highest BCUT2D eigenvalue weighted by molar-refractivity contribution is 5.68. The van der Waals surface area contributed by atoms with Crippen molar-refractivity contribution in [1.82, 2.24) is 25.3 Å². The fourth-order valence-electron chi connectivity index (χ4n) is 3.68. The predicted octanol–water partition coefficient (Wildman–Crippen LogP) is 2.32. The zero-order chi connectivity index (χ0) is 17.9. The summed E-state index contributed by atoms with van der Waals surface area (Å²) in [5.41, 5.74) is 9.97. The third-order valence-electron chi connectivity index (χ3n) is 5.02. The number of nitrogens with one attached hydrogen (secondary N) is 2. The second-order valence-electron chi connectivity index (χ2n) is 6.97. The maximum absolute atomic E-state index is 11.9. The zero-order valence-electron chi connectivity index (χ0n) is 15.0. The van der Waals surface area contributed by atoms with Crippen molar-refractivity contribution < 1.29 is 9.53 Å². The Hall–Kier alpha value is -2.38. The monoisotopic (exact) mass is 355 g/mol. The number of aromatic nitrogens is 2. The van der Waals surface area contributed by atoms with Gasteiger partial charge >= 0.3 is 6.09 Å². The largest absolute Gasteiger partial charge is 0.449 e. The molecule has 1 aromatic carbocycles. The van der Waals surface area contributed by atoms with E-state index in [9.17, 15) is 4.79 Å². The Morgan fingerprint density at radius 2 is 2.08 bits per heavy atom. The van der Waals surface area contributed by atoms with Crippen molar-refractivity contribution in [1.29, 1.82) is 0 Å². The SMILES string of the molecule is CC1CC(c2c(-c3ccccc3)ncn2CCN2CCCOC2=O)NN1. The van der Waals surface area contributed by atoms with Gasteiger partial charge in [0, 0.05) is 31.2 Å². The number of benzene rings is 1. The van der Waals surface area contributed by atoms with Crippen LogP contribution >= 0.6 is 0 Å². The van der Waals surface area contributed by atoms with Crippen LogP contribution in [0.15, 0.2) is 36.7 Å². The molecule has 2 aromatic rings. The molecule has 3 heterocycles. The van der Waals surface area contributed by atoms with Gasteiger partial charge in [-0.2, -0.15) is 0 Å². The van der Waals surface area contributed by atoms with Crippen molar-refractivity contribution in [3.05, 3.63) is 42.4 Å². The molecule has 138 valence electrons. The van der Waals surface area contributed by atoms with Crippen molar-refractivity contribution in [2.75, 3.05) is 19.7 Å². The number of rotatable bonds is 5. The Balaban J connectivity index is 1.59. The number of ether oxygens (including phenoxy) is 1. The fraction of sp³-hybridized carbons (Fsp3) is 0.474. The lowest BCUT2D eigenvalue weighted by Gasteiger charge is -2.27. The van der Waals surface area contributed by atoms with Crippen molar-refractivity contribution in [3.63, 3.8) is 0 Å². The smallest absolute Gasteiger partial charge is 0.409 e. The van der Waals surface area contributed by atoms with Crippen LogP contribution in [-0.4, -0.2) is 46.3 Å². The highest BCUT2D eigenvalue weighted by Crippen LogP contribution is 2.31. The van der Waals surface area contributed by atoms with Crippen molar-refractivity contribution in [3.8, 4) is 11.3 Å². The number of imidazole rings is 1. The predicted molar refractivity (Wildman–Crippen MR) is 98.3 cm³/mol. The number of hydrogen-bond donors (Lipinski definition) is 2. The summed E-state index contributed by atoms with van der Waals surface area (Å²) in [4.78, 5) is 18.4. The van der Waals surface area contributed by atoms with Crippen molar-refractivity contribution in [2.24, 2.45) is 0 Å². The van der Waals surface area contributed by atoms with E-state index >= 15 is 0 Å². The molecule has 26 heavy (non-hydrogen) atoms. The van der Waals surface area contributed by atoms with Gasteiger partial charge < -0.3 is 14.2 Å². The number of hydrogen-bond acceptors (Lipinski definition) is 5. The zero-order valence-corrected chi connectivity index (χ0v) is 15.0. The summed E-state index contributed by atoms with van der Waals surface area (Å²) in [7, 11) is 0. The lowest BCUT2D eigenvalue weighted by molar-refractivity contribution is 0.0715. The highest BCUT2D eigenvalue weighted by atomic mass is 16.6. The molecule has 0 aliphatic carbocycles. The summed E-state index contributed by atoms with van der Waals surface area (Å²) >= 11 is 0. The molecule has 2 atom stereocenters.